The van der Waals surface area contributed by atoms with Crippen molar-refractivity contribution in [2.75, 3.05) is 20.6 Å². The number of benzene rings is 1. The number of hydrogen-bond acceptors (Lipinski definition) is 2. The molecule has 1 nitrogen and oxygen atoms in total. The van der Waals surface area contributed by atoms with Gasteiger partial charge in [-0.25, -0.2) is 0 Å². The molecule has 1 aromatic carbocycles. The van der Waals surface area contributed by atoms with Crippen LogP contribution in [0.1, 0.15) is 12.0 Å². The van der Waals surface area contributed by atoms with Gasteiger partial charge in [0.25, 0.3) is 0 Å². The van der Waals surface area contributed by atoms with Gasteiger partial charge in [-0.2, -0.15) is 11.3 Å². The molecule has 90 valence electrons. The lowest BCUT2D eigenvalue weighted by molar-refractivity contribution is 0.400. The van der Waals surface area contributed by atoms with E-state index in [-0.39, 0.29) is 0 Å². The van der Waals surface area contributed by atoms with Crippen molar-refractivity contribution in [2.24, 2.45) is 0 Å². The van der Waals surface area contributed by atoms with E-state index in [9.17, 15) is 0 Å². The van der Waals surface area contributed by atoms with Gasteiger partial charge in [0.15, 0.2) is 0 Å². The van der Waals surface area contributed by atoms with E-state index < -0.39 is 0 Å². The summed E-state index contributed by atoms with van der Waals surface area (Å²) in [6.07, 6.45) is 2.37. The van der Waals surface area contributed by atoms with Crippen molar-refractivity contribution >= 4 is 11.3 Å². The van der Waals surface area contributed by atoms with E-state index in [4.69, 9.17) is 0 Å². The molecule has 2 rings (SSSR count). The van der Waals surface area contributed by atoms with Crippen LogP contribution in [-0.2, 0) is 6.42 Å². The minimum Gasteiger partial charge on any atom is -0.309 e. The molecule has 1 aromatic heterocycles. The number of rotatable bonds is 5. The summed E-state index contributed by atoms with van der Waals surface area (Å²) in [5.41, 5.74) is 4.22. The first kappa shape index (κ1) is 12.3. The Balaban J connectivity index is 2.11. The predicted molar refractivity (Wildman–Crippen MR) is 76.6 cm³/mol. The Bertz CT molecular complexity index is 446. The minimum atomic E-state index is 1.15. The fourth-order valence-electron chi connectivity index (χ4n) is 2.02. The van der Waals surface area contributed by atoms with Crippen molar-refractivity contribution in [3.63, 3.8) is 0 Å². The summed E-state index contributed by atoms with van der Waals surface area (Å²) in [4.78, 5) is 2.24. The van der Waals surface area contributed by atoms with Crippen LogP contribution in [0, 0.1) is 0 Å². The van der Waals surface area contributed by atoms with E-state index >= 15 is 0 Å². The quantitative estimate of drug-likeness (QED) is 0.772. The van der Waals surface area contributed by atoms with Crippen LogP contribution in [0.25, 0.3) is 11.1 Å². The molecular formula is C15H19NS. The number of hydrogen-bond donors (Lipinski definition) is 0. The first-order valence-corrected chi connectivity index (χ1v) is 6.97. The SMILES string of the molecule is CN(C)CCCc1ccccc1-c1ccsc1. The van der Waals surface area contributed by atoms with E-state index in [1.54, 1.807) is 11.3 Å². The molecule has 0 unspecified atom stereocenters. The monoisotopic (exact) mass is 245 g/mol. The summed E-state index contributed by atoms with van der Waals surface area (Å²) < 4.78 is 0. The van der Waals surface area contributed by atoms with Gasteiger partial charge in [-0.15, -0.1) is 0 Å². The zero-order chi connectivity index (χ0) is 12.1. The van der Waals surface area contributed by atoms with Crippen LogP contribution in [-0.4, -0.2) is 25.5 Å². The molecule has 0 radical (unpaired) electrons. The molecule has 0 atom stereocenters. The molecule has 0 aliphatic heterocycles. The lowest BCUT2D eigenvalue weighted by atomic mass is 9.99. The van der Waals surface area contributed by atoms with Gasteiger partial charge < -0.3 is 4.90 Å². The van der Waals surface area contributed by atoms with E-state index in [0.29, 0.717) is 0 Å². The van der Waals surface area contributed by atoms with Gasteiger partial charge in [-0.3, -0.25) is 0 Å². The van der Waals surface area contributed by atoms with Gasteiger partial charge in [0, 0.05) is 0 Å². The lowest BCUT2D eigenvalue weighted by Crippen LogP contribution is -2.13. The highest BCUT2D eigenvalue weighted by Gasteiger charge is 2.04. The summed E-state index contributed by atoms with van der Waals surface area (Å²) in [7, 11) is 4.26. The van der Waals surface area contributed by atoms with Crippen LogP contribution in [0.4, 0.5) is 0 Å². The Kier molecular flexibility index (Phi) is 4.35. The molecule has 0 aliphatic carbocycles. The molecule has 0 amide bonds. The maximum Gasteiger partial charge on any atom is -0.00146 e. The third-order valence-electron chi connectivity index (χ3n) is 2.90. The van der Waals surface area contributed by atoms with Gasteiger partial charge in [-0.05, 0) is 67.0 Å². The fourth-order valence-corrected chi connectivity index (χ4v) is 2.68. The van der Waals surface area contributed by atoms with Gasteiger partial charge in [0.05, 0.1) is 0 Å². The fraction of sp³-hybridized carbons (Fsp3) is 0.333. The zero-order valence-electron chi connectivity index (χ0n) is 10.5. The van der Waals surface area contributed by atoms with Crippen molar-refractivity contribution in [3.05, 3.63) is 46.7 Å². The van der Waals surface area contributed by atoms with E-state index in [2.05, 4.69) is 60.1 Å². The molecule has 2 aromatic rings. The Morgan fingerprint density at radius 1 is 1.12 bits per heavy atom. The van der Waals surface area contributed by atoms with E-state index in [1.165, 1.54) is 23.1 Å². The minimum absolute atomic E-state index is 1.15. The second-order valence-corrected chi connectivity index (χ2v) is 5.36. The molecule has 0 fully saturated rings. The van der Waals surface area contributed by atoms with Crippen molar-refractivity contribution in [1.29, 1.82) is 0 Å². The third-order valence-corrected chi connectivity index (χ3v) is 3.58. The predicted octanol–water partition coefficient (Wildman–Crippen LogP) is 3.91. The summed E-state index contributed by atoms with van der Waals surface area (Å²) in [5, 5.41) is 4.37. The molecule has 0 N–H and O–H groups in total. The normalized spacial score (nSPS) is 11.0. The maximum atomic E-state index is 2.25. The Morgan fingerprint density at radius 2 is 1.94 bits per heavy atom. The van der Waals surface area contributed by atoms with Crippen molar-refractivity contribution in [3.8, 4) is 11.1 Å². The second-order valence-electron chi connectivity index (χ2n) is 4.58. The Hall–Kier alpha value is -1.12. The summed E-state index contributed by atoms with van der Waals surface area (Å²) in [5.74, 6) is 0. The van der Waals surface area contributed by atoms with Crippen molar-refractivity contribution < 1.29 is 0 Å². The molecule has 2 heteroatoms. The van der Waals surface area contributed by atoms with Crippen LogP contribution in [0.15, 0.2) is 41.1 Å². The topological polar surface area (TPSA) is 3.24 Å². The van der Waals surface area contributed by atoms with Gasteiger partial charge in [-0.1, -0.05) is 24.3 Å². The molecule has 17 heavy (non-hydrogen) atoms. The molecule has 0 saturated heterocycles. The van der Waals surface area contributed by atoms with Crippen molar-refractivity contribution in [2.45, 2.75) is 12.8 Å². The second kappa shape index (κ2) is 5.99. The highest BCUT2D eigenvalue weighted by molar-refractivity contribution is 7.08. The Labute approximate surface area is 108 Å². The average Bonchev–Trinajstić information content (AvgIpc) is 2.82. The largest absolute Gasteiger partial charge is 0.309 e. The van der Waals surface area contributed by atoms with Crippen LogP contribution in [0.3, 0.4) is 0 Å². The van der Waals surface area contributed by atoms with Crippen LogP contribution >= 0.6 is 11.3 Å². The number of nitrogens with zero attached hydrogens (tertiary/aromatic N) is 1. The molecule has 0 bridgehead atoms. The number of aryl methyl sites for hydroxylation is 1. The van der Waals surface area contributed by atoms with Gasteiger partial charge >= 0.3 is 0 Å². The molecule has 1 heterocycles. The lowest BCUT2D eigenvalue weighted by Gasteiger charge is -2.11. The highest BCUT2D eigenvalue weighted by atomic mass is 32.1. The van der Waals surface area contributed by atoms with Crippen LogP contribution < -0.4 is 0 Å². The summed E-state index contributed by atoms with van der Waals surface area (Å²) >= 11 is 1.76. The summed E-state index contributed by atoms with van der Waals surface area (Å²) in [6, 6.07) is 11.0. The molecular weight excluding hydrogens is 226 g/mol. The van der Waals surface area contributed by atoms with E-state index in [1.807, 2.05) is 0 Å². The molecule has 0 saturated carbocycles. The Morgan fingerprint density at radius 3 is 2.65 bits per heavy atom. The molecule has 0 spiro atoms. The first-order valence-electron chi connectivity index (χ1n) is 6.02. The first-order chi connectivity index (χ1) is 8.27. The number of thiophene rings is 1. The standard InChI is InChI=1S/C15H19NS/c1-16(2)10-5-7-13-6-3-4-8-15(13)14-9-11-17-12-14/h3-4,6,8-9,11-12H,5,7,10H2,1-2H3. The summed E-state index contributed by atoms with van der Waals surface area (Å²) in [6.45, 7) is 1.15. The van der Waals surface area contributed by atoms with E-state index in [0.717, 1.165) is 13.0 Å². The van der Waals surface area contributed by atoms with Gasteiger partial charge in [0.2, 0.25) is 0 Å². The third kappa shape index (κ3) is 3.42. The smallest absolute Gasteiger partial charge is 0.00146 e. The van der Waals surface area contributed by atoms with Crippen LogP contribution in [0.5, 0.6) is 0 Å². The van der Waals surface area contributed by atoms with Gasteiger partial charge in [0.1, 0.15) is 0 Å². The average molecular weight is 245 g/mol. The van der Waals surface area contributed by atoms with Crippen molar-refractivity contribution in [1.82, 2.24) is 4.90 Å². The molecule has 0 aliphatic rings. The highest BCUT2D eigenvalue weighted by Crippen LogP contribution is 2.26. The van der Waals surface area contributed by atoms with Crippen LogP contribution in [0.2, 0.25) is 0 Å². The maximum absolute atomic E-state index is 2.25. The zero-order valence-corrected chi connectivity index (χ0v) is 11.3.